The third-order valence-corrected chi connectivity index (χ3v) is 5.30. The zero-order valence-corrected chi connectivity index (χ0v) is 16.9. The number of amides is 4. The molecule has 154 valence electrons. The van der Waals surface area contributed by atoms with Gasteiger partial charge < -0.3 is 10.2 Å². The van der Waals surface area contributed by atoms with Gasteiger partial charge in [-0.25, -0.2) is 9.80 Å². The standard InChI is InChI=1S/C22H23N5O3/c1-25(2)17-10-8-16(9-11-17)19-12-18(15-6-4-3-5-7-15)24-27(19)21(29)14-26-20(28)13-23-22(26)30/h3-11,19H,12-14H2,1-2H3,(H,23,30). The lowest BCUT2D eigenvalue weighted by atomic mass is 9.98. The van der Waals surface area contributed by atoms with Gasteiger partial charge in [0.05, 0.1) is 18.3 Å². The third-order valence-electron chi connectivity index (χ3n) is 5.30. The Morgan fingerprint density at radius 2 is 1.80 bits per heavy atom. The van der Waals surface area contributed by atoms with E-state index in [1.807, 2.05) is 73.6 Å². The second kappa shape index (κ2) is 7.98. The number of hydrogen-bond acceptors (Lipinski definition) is 5. The number of hydrogen-bond donors (Lipinski definition) is 1. The molecule has 2 aliphatic rings. The van der Waals surface area contributed by atoms with Gasteiger partial charge in [0, 0.05) is 26.2 Å². The second-order valence-electron chi connectivity index (χ2n) is 7.50. The second-order valence-corrected chi connectivity index (χ2v) is 7.50. The summed E-state index contributed by atoms with van der Waals surface area (Å²) in [5.74, 6) is -0.806. The number of rotatable bonds is 5. The Labute approximate surface area is 174 Å². The van der Waals surface area contributed by atoms with Crippen LogP contribution in [0.1, 0.15) is 23.6 Å². The van der Waals surface area contributed by atoms with Gasteiger partial charge >= 0.3 is 6.03 Å². The normalized spacial score (nSPS) is 18.5. The topological polar surface area (TPSA) is 85.3 Å². The molecule has 0 spiro atoms. The van der Waals surface area contributed by atoms with Crippen molar-refractivity contribution in [1.82, 2.24) is 15.2 Å². The molecule has 1 N–H and O–H groups in total. The maximum atomic E-state index is 13.1. The Bertz CT molecular complexity index is 985. The Hall–Kier alpha value is -3.68. The van der Waals surface area contributed by atoms with Crippen LogP contribution in [0.3, 0.4) is 0 Å². The highest BCUT2D eigenvalue weighted by Gasteiger charge is 2.37. The first-order valence-electron chi connectivity index (χ1n) is 9.74. The Balaban J connectivity index is 1.63. The average Bonchev–Trinajstić information content (AvgIpc) is 3.34. The van der Waals surface area contributed by atoms with Crippen LogP contribution in [0.25, 0.3) is 0 Å². The first-order valence-corrected chi connectivity index (χ1v) is 9.74. The minimum absolute atomic E-state index is 0.0833. The predicted molar refractivity (Wildman–Crippen MR) is 113 cm³/mol. The SMILES string of the molecule is CN(C)c1ccc(C2CC(c3ccccc3)=NN2C(=O)CN2C(=O)CNC2=O)cc1. The van der Waals surface area contributed by atoms with Crippen molar-refractivity contribution in [2.45, 2.75) is 12.5 Å². The number of nitrogens with one attached hydrogen (secondary N) is 1. The summed E-state index contributed by atoms with van der Waals surface area (Å²) in [7, 11) is 3.93. The first kappa shape index (κ1) is 19.6. The molecule has 0 bridgehead atoms. The van der Waals surface area contributed by atoms with Crippen molar-refractivity contribution < 1.29 is 14.4 Å². The lowest BCUT2D eigenvalue weighted by Crippen LogP contribution is -2.41. The first-order chi connectivity index (χ1) is 14.4. The van der Waals surface area contributed by atoms with E-state index in [1.165, 1.54) is 5.01 Å². The van der Waals surface area contributed by atoms with Crippen LogP contribution in [-0.2, 0) is 9.59 Å². The van der Waals surface area contributed by atoms with E-state index in [0.29, 0.717) is 6.42 Å². The summed E-state index contributed by atoms with van der Waals surface area (Å²) in [4.78, 5) is 39.8. The molecule has 0 saturated carbocycles. The highest BCUT2D eigenvalue weighted by Crippen LogP contribution is 2.33. The average molecular weight is 405 g/mol. The van der Waals surface area contributed by atoms with Crippen LogP contribution >= 0.6 is 0 Å². The van der Waals surface area contributed by atoms with Crippen molar-refractivity contribution in [3.63, 3.8) is 0 Å². The van der Waals surface area contributed by atoms with Crippen molar-refractivity contribution in [3.8, 4) is 0 Å². The van der Waals surface area contributed by atoms with Crippen molar-refractivity contribution >= 4 is 29.2 Å². The lowest BCUT2D eigenvalue weighted by molar-refractivity contribution is -0.137. The quantitative estimate of drug-likeness (QED) is 0.771. The zero-order valence-electron chi connectivity index (χ0n) is 16.9. The van der Waals surface area contributed by atoms with Gasteiger partial charge in [-0.05, 0) is 23.3 Å². The molecular weight excluding hydrogens is 382 g/mol. The highest BCUT2D eigenvalue weighted by atomic mass is 16.2. The number of carbonyl (C=O) groups excluding carboxylic acids is 3. The van der Waals surface area contributed by atoms with E-state index in [2.05, 4.69) is 10.4 Å². The van der Waals surface area contributed by atoms with Gasteiger partial charge in [0.2, 0.25) is 0 Å². The van der Waals surface area contributed by atoms with Crippen LogP contribution in [0, 0.1) is 0 Å². The van der Waals surface area contributed by atoms with Crippen molar-refractivity contribution in [1.29, 1.82) is 0 Å². The van der Waals surface area contributed by atoms with Crippen LogP contribution in [0.15, 0.2) is 59.7 Å². The molecule has 2 aromatic carbocycles. The lowest BCUT2D eigenvalue weighted by Gasteiger charge is -2.24. The summed E-state index contributed by atoms with van der Waals surface area (Å²) in [6.45, 7) is -0.414. The monoisotopic (exact) mass is 405 g/mol. The number of anilines is 1. The summed E-state index contributed by atoms with van der Waals surface area (Å²) in [6.07, 6.45) is 0.553. The van der Waals surface area contributed by atoms with Gasteiger partial charge in [-0.1, -0.05) is 42.5 Å². The van der Waals surface area contributed by atoms with E-state index in [1.54, 1.807) is 0 Å². The zero-order chi connectivity index (χ0) is 21.3. The van der Waals surface area contributed by atoms with E-state index in [9.17, 15) is 14.4 Å². The van der Waals surface area contributed by atoms with E-state index in [0.717, 1.165) is 27.4 Å². The van der Waals surface area contributed by atoms with Gasteiger partial charge in [0.25, 0.3) is 11.8 Å². The molecule has 30 heavy (non-hydrogen) atoms. The molecule has 4 rings (SSSR count). The Morgan fingerprint density at radius 1 is 1.10 bits per heavy atom. The number of imide groups is 1. The maximum absolute atomic E-state index is 13.1. The van der Waals surface area contributed by atoms with E-state index >= 15 is 0 Å². The molecule has 1 atom stereocenters. The molecule has 2 aromatic rings. The number of urea groups is 1. The number of benzene rings is 2. The fourth-order valence-electron chi connectivity index (χ4n) is 3.62. The Kier molecular flexibility index (Phi) is 5.22. The molecule has 2 heterocycles. The molecule has 1 fully saturated rings. The summed E-state index contributed by atoms with van der Waals surface area (Å²) in [6, 6.07) is 16.8. The van der Waals surface area contributed by atoms with E-state index in [-0.39, 0.29) is 19.1 Å². The molecule has 8 heteroatoms. The third kappa shape index (κ3) is 3.76. The number of hydrazone groups is 1. The van der Waals surface area contributed by atoms with Crippen LogP contribution in [0.4, 0.5) is 10.5 Å². The predicted octanol–water partition coefficient (Wildman–Crippen LogP) is 1.98. The summed E-state index contributed by atoms with van der Waals surface area (Å²) in [5, 5.41) is 8.43. The molecule has 1 unspecified atom stereocenters. The van der Waals surface area contributed by atoms with Crippen molar-refractivity contribution in [3.05, 3.63) is 65.7 Å². The number of nitrogens with zero attached hydrogens (tertiary/aromatic N) is 4. The molecule has 0 aliphatic carbocycles. The van der Waals surface area contributed by atoms with E-state index in [4.69, 9.17) is 0 Å². The van der Waals surface area contributed by atoms with Crippen LogP contribution in [-0.4, -0.2) is 60.7 Å². The fraction of sp³-hybridized carbons (Fsp3) is 0.273. The minimum atomic E-state index is -0.549. The van der Waals surface area contributed by atoms with Crippen LogP contribution in [0.2, 0.25) is 0 Å². The summed E-state index contributed by atoms with van der Waals surface area (Å²) < 4.78 is 0. The molecule has 1 saturated heterocycles. The maximum Gasteiger partial charge on any atom is 0.325 e. The van der Waals surface area contributed by atoms with Gasteiger partial charge in [-0.15, -0.1) is 0 Å². The minimum Gasteiger partial charge on any atom is -0.378 e. The highest BCUT2D eigenvalue weighted by molar-refractivity contribution is 6.06. The summed E-state index contributed by atoms with van der Waals surface area (Å²) in [5.41, 5.74) is 3.74. The number of carbonyl (C=O) groups is 3. The van der Waals surface area contributed by atoms with Crippen LogP contribution in [0.5, 0.6) is 0 Å². The molecule has 0 aromatic heterocycles. The van der Waals surface area contributed by atoms with Gasteiger partial charge in [-0.2, -0.15) is 5.10 Å². The fourth-order valence-corrected chi connectivity index (χ4v) is 3.62. The molecule has 4 amide bonds. The van der Waals surface area contributed by atoms with Gasteiger partial charge in [0.15, 0.2) is 0 Å². The van der Waals surface area contributed by atoms with Gasteiger partial charge in [-0.3, -0.25) is 14.5 Å². The summed E-state index contributed by atoms with van der Waals surface area (Å²) >= 11 is 0. The van der Waals surface area contributed by atoms with Crippen molar-refractivity contribution in [2.75, 3.05) is 32.1 Å². The van der Waals surface area contributed by atoms with Gasteiger partial charge in [0.1, 0.15) is 6.54 Å². The molecular formula is C22H23N5O3. The Morgan fingerprint density at radius 3 is 2.40 bits per heavy atom. The van der Waals surface area contributed by atoms with E-state index < -0.39 is 17.8 Å². The van der Waals surface area contributed by atoms with Crippen LogP contribution < -0.4 is 10.2 Å². The molecule has 0 radical (unpaired) electrons. The molecule has 2 aliphatic heterocycles. The smallest absolute Gasteiger partial charge is 0.325 e. The van der Waals surface area contributed by atoms with Crippen molar-refractivity contribution in [2.24, 2.45) is 5.10 Å². The molecule has 8 nitrogen and oxygen atoms in total. The largest absolute Gasteiger partial charge is 0.378 e.